The Labute approximate surface area is 203 Å². The highest BCUT2D eigenvalue weighted by atomic mass is 16.5. The molecule has 10 heteroatoms. The first-order valence-corrected chi connectivity index (χ1v) is 10.8. The lowest BCUT2D eigenvalue weighted by atomic mass is 9.94. The van der Waals surface area contributed by atoms with Gasteiger partial charge in [0.1, 0.15) is 17.3 Å². The summed E-state index contributed by atoms with van der Waals surface area (Å²) in [4.78, 5) is 29.6. The van der Waals surface area contributed by atoms with Crippen molar-refractivity contribution in [3.63, 3.8) is 0 Å². The van der Waals surface area contributed by atoms with Gasteiger partial charge in [-0.3, -0.25) is 9.59 Å². The van der Waals surface area contributed by atoms with Crippen molar-refractivity contribution in [1.82, 2.24) is 9.80 Å². The molecule has 2 N–H and O–H groups in total. The summed E-state index contributed by atoms with van der Waals surface area (Å²) >= 11 is 0. The molecule has 0 saturated carbocycles. The number of ether oxygens (including phenoxy) is 4. The van der Waals surface area contributed by atoms with Gasteiger partial charge in [0.05, 0.1) is 45.6 Å². The SMILES string of the molecule is COc1ccc(C(O)=C2C(=O)C(=O)N(CCN(C)C)C2c2cc(OC)c(OC)c(OC)c2)c(O)c1. The van der Waals surface area contributed by atoms with Crippen molar-refractivity contribution in [3.05, 3.63) is 47.0 Å². The third kappa shape index (κ3) is 4.83. The number of rotatable bonds is 9. The molecule has 35 heavy (non-hydrogen) atoms. The molecule has 1 amide bonds. The van der Waals surface area contributed by atoms with E-state index in [2.05, 4.69) is 0 Å². The molecule has 1 heterocycles. The van der Waals surface area contributed by atoms with Gasteiger partial charge in [0.25, 0.3) is 11.7 Å². The number of likely N-dealkylation sites (N-methyl/N-ethyl adjacent to an activating group) is 1. The molecule has 1 aliphatic heterocycles. The topological polar surface area (TPSA) is 118 Å². The zero-order valence-corrected chi connectivity index (χ0v) is 20.6. The van der Waals surface area contributed by atoms with Crippen LogP contribution in [0.15, 0.2) is 35.9 Å². The van der Waals surface area contributed by atoms with Crippen molar-refractivity contribution in [2.75, 3.05) is 55.6 Å². The van der Waals surface area contributed by atoms with Crippen molar-refractivity contribution in [2.24, 2.45) is 0 Å². The van der Waals surface area contributed by atoms with Crippen LogP contribution in [-0.4, -0.2) is 87.3 Å². The number of phenolic OH excluding ortho intramolecular Hbond substituents is 1. The highest BCUT2D eigenvalue weighted by Crippen LogP contribution is 2.46. The fourth-order valence-corrected chi connectivity index (χ4v) is 4.01. The minimum absolute atomic E-state index is 0.00569. The van der Waals surface area contributed by atoms with E-state index in [1.54, 1.807) is 12.1 Å². The number of hydrogen-bond donors (Lipinski definition) is 2. The van der Waals surface area contributed by atoms with Crippen molar-refractivity contribution < 1.29 is 38.7 Å². The molecule has 0 spiro atoms. The van der Waals surface area contributed by atoms with Crippen LogP contribution in [0.5, 0.6) is 28.7 Å². The highest BCUT2D eigenvalue weighted by molar-refractivity contribution is 6.46. The van der Waals surface area contributed by atoms with Crippen molar-refractivity contribution in [2.45, 2.75) is 6.04 Å². The van der Waals surface area contributed by atoms with E-state index in [1.807, 2.05) is 19.0 Å². The van der Waals surface area contributed by atoms with E-state index in [0.717, 1.165) is 0 Å². The van der Waals surface area contributed by atoms with Gasteiger partial charge in [-0.25, -0.2) is 0 Å². The van der Waals surface area contributed by atoms with Crippen LogP contribution < -0.4 is 18.9 Å². The highest BCUT2D eigenvalue weighted by Gasteiger charge is 2.46. The normalized spacial score (nSPS) is 17.1. The summed E-state index contributed by atoms with van der Waals surface area (Å²) in [5.74, 6) is -1.07. The van der Waals surface area contributed by atoms with Gasteiger partial charge >= 0.3 is 0 Å². The Kier molecular flexibility index (Phi) is 7.75. The lowest BCUT2D eigenvalue weighted by molar-refractivity contribution is -0.140. The minimum atomic E-state index is -0.967. The Balaban J connectivity index is 2.27. The number of hydrogen-bond acceptors (Lipinski definition) is 9. The Morgan fingerprint density at radius 2 is 1.60 bits per heavy atom. The molecular weight excluding hydrogens is 456 g/mol. The summed E-state index contributed by atoms with van der Waals surface area (Å²) in [6, 6.07) is 6.55. The third-order valence-corrected chi connectivity index (χ3v) is 5.79. The molecule has 2 aromatic carbocycles. The van der Waals surface area contributed by atoms with Crippen molar-refractivity contribution in [1.29, 1.82) is 0 Å². The van der Waals surface area contributed by atoms with Crippen molar-refractivity contribution in [3.8, 4) is 28.7 Å². The molecule has 0 aromatic heterocycles. The molecule has 1 aliphatic rings. The molecule has 1 saturated heterocycles. The number of methoxy groups -OCH3 is 4. The number of aliphatic hydroxyl groups excluding tert-OH is 1. The molecule has 1 unspecified atom stereocenters. The lowest BCUT2D eigenvalue weighted by Gasteiger charge is -2.27. The van der Waals surface area contributed by atoms with E-state index >= 15 is 0 Å². The van der Waals surface area contributed by atoms with Gasteiger partial charge in [-0.1, -0.05) is 0 Å². The molecule has 188 valence electrons. The van der Waals surface area contributed by atoms with E-state index in [4.69, 9.17) is 18.9 Å². The average molecular weight is 487 g/mol. The smallest absolute Gasteiger partial charge is 0.295 e. The van der Waals surface area contributed by atoms with Gasteiger partial charge in [0.2, 0.25) is 5.75 Å². The molecule has 3 rings (SSSR count). The van der Waals surface area contributed by atoms with Crippen molar-refractivity contribution >= 4 is 17.4 Å². The van der Waals surface area contributed by atoms with Crippen LogP contribution >= 0.6 is 0 Å². The predicted molar refractivity (Wildman–Crippen MR) is 128 cm³/mol. The Morgan fingerprint density at radius 1 is 0.971 bits per heavy atom. The fourth-order valence-electron chi connectivity index (χ4n) is 4.01. The monoisotopic (exact) mass is 486 g/mol. The molecule has 0 bridgehead atoms. The number of Topliss-reactive ketones (excluding diaryl/α,β-unsaturated/α-hetero) is 1. The van der Waals surface area contributed by atoms with Gasteiger partial charge in [0.15, 0.2) is 11.5 Å². The molecule has 1 atom stereocenters. The molecule has 0 radical (unpaired) electrons. The lowest BCUT2D eigenvalue weighted by Crippen LogP contribution is -2.35. The van der Waals surface area contributed by atoms with Gasteiger partial charge < -0.3 is 39.0 Å². The number of likely N-dealkylation sites (tertiary alicyclic amines) is 1. The second-order valence-electron chi connectivity index (χ2n) is 8.14. The number of aliphatic hydroxyl groups is 1. The summed E-state index contributed by atoms with van der Waals surface area (Å²) < 4.78 is 21.4. The first kappa shape index (κ1) is 25.7. The van der Waals surface area contributed by atoms with Crippen LogP contribution in [0.3, 0.4) is 0 Å². The fraction of sp³-hybridized carbons (Fsp3) is 0.360. The summed E-state index contributed by atoms with van der Waals surface area (Å²) in [6.45, 7) is 0.687. The van der Waals surface area contributed by atoms with Gasteiger partial charge in [0, 0.05) is 19.2 Å². The Hall–Kier alpha value is -3.92. The Morgan fingerprint density at radius 3 is 2.09 bits per heavy atom. The quantitative estimate of drug-likeness (QED) is 0.313. The summed E-state index contributed by atoms with van der Waals surface area (Å²) in [7, 11) is 9.52. The van der Waals surface area contributed by atoms with Crippen LogP contribution in [0.25, 0.3) is 5.76 Å². The van der Waals surface area contributed by atoms with Crippen LogP contribution in [0, 0.1) is 0 Å². The minimum Gasteiger partial charge on any atom is -0.507 e. The Bertz CT molecular complexity index is 1130. The van der Waals surface area contributed by atoms with Crippen LogP contribution in [0.1, 0.15) is 17.2 Å². The molecule has 2 aromatic rings. The standard InChI is InChI=1S/C25H30N2O8/c1-26(2)9-10-27-21(14-11-18(33-4)24(35-6)19(12-14)34-5)20(23(30)25(27)31)22(29)16-8-7-15(32-3)13-17(16)28/h7-8,11-13,21,28-29H,9-10H2,1-6H3. The number of phenols is 1. The van der Waals surface area contributed by atoms with Crippen LogP contribution in [-0.2, 0) is 9.59 Å². The van der Waals surface area contributed by atoms with E-state index in [-0.39, 0.29) is 23.4 Å². The number of amides is 1. The molecule has 1 fully saturated rings. The molecule has 0 aliphatic carbocycles. The van der Waals surface area contributed by atoms with E-state index in [9.17, 15) is 19.8 Å². The number of carbonyl (C=O) groups excluding carboxylic acids is 2. The van der Waals surface area contributed by atoms with Gasteiger partial charge in [-0.2, -0.15) is 0 Å². The first-order valence-electron chi connectivity index (χ1n) is 10.8. The number of carbonyl (C=O) groups is 2. The first-order chi connectivity index (χ1) is 16.7. The summed E-state index contributed by atoms with van der Waals surface area (Å²) in [5, 5.41) is 21.7. The summed E-state index contributed by atoms with van der Waals surface area (Å²) in [6.07, 6.45) is 0. The van der Waals surface area contributed by atoms with Gasteiger partial charge in [-0.05, 0) is 43.9 Å². The summed E-state index contributed by atoms with van der Waals surface area (Å²) in [5.41, 5.74) is 0.296. The number of aromatic hydroxyl groups is 1. The maximum absolute atomic E-state index is 13.2. The average Bonchev–Trinajstić information content (AvgIpc) is 3.10. The molecular formula is C25H30N2O8. The van der Waals surface area contributed by atoms with Crippen LogP contribution in [0.2, 0.25) is 0 Å². The van der Waals surface area contributed by atoms with E-state index < -0.39 is 23.5 Å². The van der Waals surface area contributed by atoms with Gasteiger partial charge in [-0.15, -0.1) is 0 Å². The predicted octanol–water partition coefficient (Wildman–Crippen LogP) is 2.41. The second-order valence-corrected chi connectivity index (χ2v) is 8.14. The number of benzene rings is 2. The van der Waals surface area contributed by atoms with Crippen LogP contribution in [0.4, 0.5) is 0 Å². The maximum atomic E-state index is 13.2. The van der Waals surface area contributed by atoms with E-state index in [0.29, 0.717) is 35.1 Å². The molecule has 10 nitrogen and oxygen atoms in total. The third-order valence-electron chi connectivity index (χ3n) is 5.79. The zero-order valence-electron chi connectivity index (χ0n) is 20.6. The zero-order chi connectivity index (χ0) is 25.9. The maximum Gasteiger partial charge on any atom is 0.295 e. The number of nitrogens with zero attached hydrogens (tertiary/aromatic N) is 2. The van der Waals surface area contributed by atoms with E-state index in [1.165, 1.54) is 51.5 Å². The largest absolute Gasteiger partial charge is 0.507 e. The second kappa shape index (κ2) is 10.6. The number of ketones is 1.